The Bertz CT molecular complexity index is 954. The van der Waals surface area contributed by atoms with Crippen LogP contribution in [0.1, 0.15) is 72.4 Å². The first-order chi connectivity index (χ1) is 15.8. The molecule has 0 saturated heterocycles. The summed E-state index contributed by atoms with van der Waals surface area (Å²) in [4.78, 5) is 30.2. The minimum absolute atomic E-state index is 0.235. The van der Waals surface area contributed by atoms with E-state index in [0.717, 1.165) is 11.1 Å². The second kappa shape index (κ2) is 11.8. The Hall–Kier alpha value is -2.51. The van der Waals surface area contributed by atoms with E-state index in [4.69, 9.17) is 9.15 Å². The molecule has 0 amide bonds. The summed E-state index contributed by atoms with van der Waals surface area (Å²) in [5.41, 5.74) is 1.28. The maximum absolute atomic E-state index is 13.1. The Balaban J connectivity index is 2.37. The highest BCUT2D eigenvalue weighted by Gasteiger charge is 2.42. The van der Waals surface area contributed by atoms with Crippen LogP contribution in [-0.4, -0.2) is 45.3 Å². The molecular weight excluding hydrogens is 434 g/mol. The first kappa shape index (κ1) is 27.7. The summed E-state index contributed by atoms with van der Waals surface area (Å²) in [5, 5.41) is 21.5. The molecule has 1 aromatic rings. The molecule has 0 radical (unpaired) electrons. The van der Waals surface area contributed by atoms with Gasteiger partial charge in [0.1, 0.15) is 23.8 Å². The molecule has 5 atom stereocenters. The van der Waals surface area contributed by atoms with Gasteiger partial charge in [0.2, 0.25) is 0 Å². The van der Waals surface area contributed by atoms with Crippen molar-refractivity contribution >= 4 is 17.8 Å². The lowest BCUT2D eigenvalue weighted by Gasteiger charge is -2.34. The summed E-state index contributed by atoms with van der Waals surface area (Å²) < 4.78 is 11.0. The fourth-order valence-corrected chi connectivity index (χ4v) is 4.05. The van der Waals surface area contributed by atoms with Gasteiger partial charge >= 0.3 is 5.97 Å². The topological polar surface area (TPSA) is 110 Å². The molecule has 7 heteroatoms. The molecule has 0 saturated carbocycles. The van der Waals surface area contributed by atoms with Gasteiger partial charge in [-0.15, -0.1) is 0 Å². The number of allylic oxidation sites excluding steroid dienone is 2. The van der Waals surface area contributed by atoms with Crippen LogP contribution in [-0.2, 0) is 14.3 Å². The molecule has 1 aliphatic rings. The van der Waals surface area contributed by atoms with Gasteiger partial charge in [-0.25, -0.2) is 4.98 Å². The number of ether oxygens (including phenoxy) is 1. The average Bonchev–Trinajstić information content (AvgIpc) is 3.18. The molecule has 188 valence electrons. The number of carbonyl (C=O) groups is 2. The van der Waals surface area contributed by atoms with Gasteiger partial charge < -0.3 is 19.4 Å². The van der Waals surface area contributed by atoms with Crippen molar-refractivity contribution in [3.63, 3.8) is 0 Å². The Kier molecular flexibility index (Phi) is 9.59. The van der Waals surface area contributed by atoms with E-state index in [-0.39, 0.29) is 18.1 Å². The van der Waals surface area contributed by atoms with Crippen molar-refractivity contribution < 1.29 is 29.0 Å². The second-order valence-electron chi connectivity index (χ2n) is 10.0. The minimum atomic E-state index is -1.25. The smallest absolute Gasteiger partial charge is 0.309 e. The van der Waals surface area contributed by atoms with E-state index in [2.05, 4.69) is 4.98 Å². The number of hydrogen-bond donors (Lipinski definition) is 2. The fourth-order valence-electron chi connectivity index (χ4n) is 4.05. The Labute approximate surface area is 202 Å². The number of carbonyl (C=O) groups excluding carboxylic acids is 2. The van der Waals surface area contributed by atoms with E-state index in [1.165, 1.54) is 6.26 Å². The summed E-state index contributed by atoms with van der Waals surface area (Å²) in [6.07, 6.45) is 7.37. The third-order valence-corrected chi connectivity index (χ3v) is 6.65. The highest BCUT2D eigenvalue weighted by molar-refractivity contribution is 5.88. The van der Waals surface area contributed by atoms with Crippen molar-refractivity contribution in [3.8, 4) is 0 Å². The number of Topliss-reactive ketones (excluding diaryl/α,β-unsaturated/α-hetero) is 1. The van der Waals surface area contributed by atoms with E-state index >= 15 is 0 Å². The summed E-state index contributed by atoms with van der Waals surface area (Å²) in [5.74, 6) is -1.28. The van der Waals surface area contributed by atoms with Gasteiger partial charge in [0.05, 0.1) is 24.0 Å². The number of hydrogen-bond acceptors (Lipinski definition) is 7. The van der Waals surface area contributed by atoms with E-state index in [0.29, 0.717) is 24.4 Å². The number of ketones is 1. The second-order valence-corrected chi connectivity index (χ2v) is 10.0. The maximum Gasteiger partial charge on any atom is 0.309 e. The quantitative estimate of drug-likeness (QED) is 0.478. The number of aliphatic hydroxyl groups excluding tert-OH is 2. The Morgan fingerprint density at radius 2 is 1.88 bits per heavy atom. The predicted molar refractivity (Wildman–Crippen MR) is 131 cm³/mol. The molecule has 0 bridgehead atoms. The predicted octanol–water partition coefficient (Wildman–Crippen LogP) is 4.57. The highest BCUT2D eigenvalue weighted by atomic mass is 16.5. The molecule has 1 unspecified atom stereocenters. The SMILES string of the molecule is C/C1=C/C[C@@H](/C(C)=C/c2coc(C)n2)OC(=O)CC(O)C(C)(C)C(=O)[C@H](C)[C@@H](O)[C@@H](C)/C=C/C1. The average molecular weight is 474 g/mol. The number of oxazole rings is 1. The lowest BCUT2D eigenvalue weighted by molar-refractivity contribution is -0.154. The first-order valence-electron chi connectivity index (χ1n) is 11.9. The fraction of sp³-hybridized carbons (Fsp3) is 0.593. The van der Waals surface area contributed by atoms with Crippen LogP contribution in [0.5, 0.6) is 0 Å². The van der Waals surface area contributed by atoms with Crippen LogP contribution in [0.2, 0.25) is 0 Å². The molecule has 7 nitrogen and oxygen atoms in total. The Morgan fingerprint density at radius 1 is 1.21 bits per heavy atom. The number of rotatable bonds is 2. The van der Waals surface area contributed by atoms with Crippen LogP contribution in [0, 0.1) is 24.2 Å². The minimum Gasteiger partial charge on any atom is -0.457 e. The van der Waals surface area contributed by atoms with Crippen molar-refractivity contribution in [1.29, 1.82) is 0 Å². The van der Waals surface area contributed by atoms with Gasteiger partial charge in [0.25, 0.3) is 0 Å². The van der Waals surface area contributed by atoms with Crippen molar-refractivity contribution in [3.05, 3.63) is 47.2 Å². The largest absolute Gasteiger partial charge is 0.457 e. The zero-order chi connectivity index (χ0) is 25.6. The molecule has 2 heterocycles. The number of esters is 1. The number of aliphatic hydroxyl groups is 2. The number of cyclic esters (lactones) is 1. The van der Waals surface area contributed by atoms with Gasteiger partial charge in [0.15, 0.2) is 5.89 Å². The number of aryl methyl sites for hydroxylation is 1. The van der Waals surface area contributed by atoms with Gasteiger partial charge in [-0.2, -0.15) is 0 Å². The molecule has 1 aliphatic heterocycles. The van der Waals surface area contributed by atoms with E-state index in [1.54, 1.807) is 27.7 Å². The monoisotopic (exact) mass is 473 g/mol. The third kappa shape index (κ3) is 7.24. The van der Waals surface area contributed by atoms with Gasteiger partial charge in [-0.3, -0.25) is 9.59 Å². The summed E-state index contributed by atoms with van der Waals surface area (Å²) in [6, 6.07) is 0. The van der Waals surface area contributed by atoms with Crippen LogP contribution < -0.4 is 0 Å². The summed E-state index contributed by atoms with van der Waals surface area (Å²) in [6.45, 7) is 12.3. The van der Waals surface area contributed by atoms with Crippen molar-refractivity contribution in [1.82, 2.24) is 4.98 Å². The van der Waals surface area contributed by atoms with Crippen LogP contribution in [0.15, 0.2) is 40.1 Å². The highest BCUT2D eigenvalue weighted by Crippen LogP contribution is 2.31. The summed E-state index contributed by atoms with van der Waals surface area (Å²) in [7, 11) is 0. The molecule has 2 N–H and O–H groups in total. The molecule has 34 heavy (non-hydrogen) atoms. The third-order valence-electron chi connectivity index (χ3n) is 6.65. The lowest BCUT2D eigenvalue weighted by atomic mass is 9.73. The van der Waals surface area contributed by atoms with E-state index in [1.807, 2.05) is 45.1 Å². The van der Waals surface area contributed by atoms with Gasteiger partial charge in [-0.05, 0) is 31.9 Å². The Morgan fingerprint density at radius 3 is 2.50 bits per heavy atom. The van der Waals surface area contributed by atoms with Crippen molar-refractivity contribution in [2.75, 3.05) is 0 Å². The standard InChI is InChI=1S/C27H39NO6/c1-16-9-8-10-17(2)25(31)19(4)26(32)27(6,7)23(29)14-24(30)34-22(12-11-16)18(3)13-21-15-33-20(5)28-21/h8,10-11,13,15,17,19,22-23,25,29,31H,9,12,14H2,1-7H3/b10-8+,16-11-,18-13+/t17-,19+,22-,23?,25-/m0/s1. The van der Waals surface area contributed by atoms with E-state index in [9.17, 15) is 19.8 Å². The zero-order valence-corrected chi connectivity index (χ0v) is 21.4. The lowest BCUT2D eigenvalue weighted by Crippen LogP contribution is -2.45. The zero-order valence-electron chi connectivity index (χ0n) is 21.4. The van der Waals surface area contributed by atoms with Gasteiger partial charge in [0, 0.05) is 25.2 Å². The molecule has 0 aliphatic carbocycles. The molecule has 2 rings (SSSR count). The molecule has 0 spiro atoms. The first-order valence-corrected chi connectivity index (χ1v) is 11.9. The number of nitrogens with zero attached hydrogens (tertiary/aromatic N) is 1. The van der Waals surface area contributed by atoms with Gasteiger partial charge in [-0.1, -0.05) is 51.5 Å². The normalized spacial score (nSPS) is 32.6. The van der Waals surface area contributed by atoms with E-state index < -0.39 is 35.6 Å². The van der Waals surface area contributed by atoms with Crippen LogP contribution in [0.3, 0.4) is 0 Å². The molecule has 0 fully saturated rings. The van der Waals surface area contributed by atoms with Crippen LogP contribution in [0.4, 0.5) is 0 Å². The van der Waals surface area contributed by atoms with Crippen molar-refractivity contribution in [2.24, 2.45) is 17.3 Å². The van der Waals surface area contributed by atoms with Crippen molar-refractivity contribution in [2.45, 2.75) is 86.0 Å². The molecular formula is C27H39NO6. The summed E-state index contributed by atoms with van der Waals surface area (Å²) >= 11 is 0. The molecule has 1 aromatic heterocycles. The molecule has 0 aromatic carbocycles. The maximum atomic E-state index is 13.1. The van der Waals surface area contributed by atoms with Crippen LogP contribution in [0.25, 0.3) is 6.08 Å². The number of aromatic nitrogens is 1. The van der Waals surface area contributed by atoms with Crippen LogP contribution >= 0.6 is 0 Å².